The minimum atomic E-state index is -3.73. The van der Waals surface area contributed by atoms with E-state index in [1.54, 1.807) is 13.0 Å². The van der Waals surface area contributed by atoms with Crippen molar-refractivity contribution in [2.75, 3.05) is 30.8 Å². The number of hydrogen-bond donors (Lipinski definition) is 1. The van der Waals surface area contributed by atoms with Gasteiger partial charge in [-0.05, 0) is 42.3 Å². The van der Waals surface area contributed by atoms with E-state index in [0.29, 0.717) is 17.2 Å². The predicted molar refractivity (Wildman–Crippen MR) is 111 cm³/mol. The molecule has 2 aromatic carbocycles. The van der Waals surface area contributed by atoms with Crippen LogP contribution in [0.15, 0.2) is 36.4 Å². The molecule has 0 unspecified atom stereocenters. The van der Waals surface area contributed by atoms with E-state index in [-0.39, 0.29) is 37.7 Å². The molecule has 0 bridgehead atoms. The molecule has 11 heteroatoms. The number of likely N-dealkylation sites (tertiary alicyclic amines) is 1. The predicted octanol–water partition coefficient (Wildman–Crippen LogP) is 2.86. The molecule has 2 amide bonds. The number of fused-ring (bicyclic) bond motifs is 1. The normalized spacial score (nSPS) is 22.9. The number of amides is 2. The Morgan fingerprint density at radius 3 is 2.62 bits per heavy atom. The smallest absolute Gasteiger partial charge is 0.322 e. The maximum atomic E-state index is 13.9. The Hall–Kier alpha value is -2.63. The fourth-order valence-corrected chi connectivity index (χ4v) is 5.58. The van der Waals surface area contributed by atoms with E-state index in [9.17, 15) is 26.4 Å². The first-order valence-electron chi connectivity index (χ1n) is 10.0. The van der Waals surface area contributed by atoms with Crippen LogP contribution in [-0.4, -0.2) is 61.2 Å². The monoisotopic (exact) mass is 469 g/mol. The second-order valence-corrected chi connectivity index (χ2v) is 9.98. The molecule has 32 heavy (non-hydrogen) atoms. The number of sulfonamides is 1. The molecule has 2 fully saturated rings. The van der Waals surface area contributed by atoms with Crippen LogP contribution < -0.4 is 5.32 Å². The van der Waals surface area contributed by atoms with Gasteiger partial charge in [-0.25, -0.2) is 26.4 Å². The van der Waals surface area contributed by atoms with E-state index in [4.69, 9.17) is 4.74 Å². The molecule has 2 atom stereocenters. The average Bonchev–Trinajstić information content (AvgIpc) is 3.06. The van der Waals surface area contributed by atoms with Crippen LogP contribution in [0, 0.1) is 24.4 Å². The third-order valence-corrected chi connectivity index (χ3v) is 7.33. The number of nitrogens with one attached hydrogen (secondary N) is 1. The Morgan fingerprint density at radius 2 is 1.91 bits per heavy atom. The lowest BCUT2D eigenvalue weighted by atomic mass is 10.1. The zero-order valence-corrected chi connectivity index (χ0v) is 18.0. The van der Waals surface area contributed by atoms with Crippen molar-refractivity contribution in [2.45, 2.75) is 25.6 Å². The van der Waals surface area contributed by atoms with Gasteiger partial charge < -0.3 is 15.0 Å². The Labute approximate surface area is 183 Å². The van der Waals surface area contributed by atoms with Crippen molar-refractivity contribution in [1.29, 1.82) is 0 Å². The van der Waals surface area contributed by atoms with Crippen molar-refractivity contribution in [3.05, 3.63) is 65.0 Å². The van der Waals surface area contributed by atoms with Gasteiger partial charge in [-0.2, -0.15) is 4.31 Å². The zero-order valence-electron chi connectivity index (χ0n) is 17.2. The Kier molecular flexibility index (Phi) is 6.15. The lowest BCUT2D eigenvalue weighted by Gasteiger charge is -2.28. The highest BCUT2D eigenvalue weighted by Gasteiger charge is 2.45. The van der Waals surface area contributed by atoms with Crippen molar-refractivity contribution in [2.24, 2.45) is 0 Å². The van der Waals surface area contributed by atoms with E-state index in [2.05, 4.69) is 5.32 Å². The maximum absolute atomic E-state index is 13.9. The first-order chi connectivity index (χ1) is 15.1. The molecule has 2 aromatic rings. The number of urea groups is 1. The molecule has 0 saturated carbocycles. The van der Waals surface area contributed by atoms with Gasteiger partial charge in [0.05, 0.1) is 36.7 Å². The Balaban J connectivity index is 1.55. The summed E-state index contributed by atoms with van der Waals surface area (Å²) >= 11 is 0. The molecular weight excluding hydrogens is 447 g/mol. The van der Waals surface area contributed by atoms with Crippen LogP contribution in [-0.2, 0) is 21.3 Å². The van der Waals surface area contributed by atoms with E-state index in [1.165, 1.54) is 21.3 Å². The summed E-state index contributed by atoms with van der Waals surface area (Å²) in [7, 11) is -3.73. The van der Waals surface area contributed by atoms with E-state index >= 15 is 0 Å². The molecule has 1 N–H and O–H groups in total. The highest BCUT2D eigenvalue weighted by molar-refractivity contribution is 7.89. The summed E-state index contributed by atoms with van der Waals surface area (Å²) in [6.45, 7) is 1.71. The number of rotatable bonds is 3. The molecule has 0 spiro atoms. The van der Waals surface area contributed by atoms with Gasteiger partial charge in [-0.3, -0.25) is 0 Å². The van der Waals surface area contributed by atoms with Gasteiger partial charge in [0, 0.05) is 19.2 Å². The maximum Gasteiger partial charge on any atom is 0.322 e. The van der Waals surface area contributed by atoms with Crippen LogP contribution in [0.4, 0.5) is 23.7 Å². The number of aryl methyl sites for hydroxylation is 1. The SMILES string of the molecule is Cc1cc(F)cc(CN2[C@@H]3CN(C(=O)Nc4ccc(F)cc4F)C[C@@H]3OCCS2(=O)=O)c1. The number of carbonyl (C=O) groups is 1. The molecule has 2 aliphatic heterocycles. The number of hydrogen-bond acceptors (Lipinski definition) is 4. The quantitative estimate of drug-likeness (QED) is 0.750. The summed E-state index contributed by atoms with van der Waals surface area (Å²) in [4.78, 5) is 14.0. The van der Waals surface area contributed by atoms with Crippen LogP contribution in [0.5, 0.6) is 0 Å². The minimum absolute atomic E-state index is 0.00679. The zero-order chi connectivity index (χ0) is 23.0. The van der Waals surface area contributed by atoms with Crippen molar-refractivity contribution >= 4 is 21.7 Å². The fourth-order valence-electron chi connectivity index (χ4n) is 4.08. The third kappa shape index (κ3) is 4.74. The van der Waals surface area contributed by atoms with Gasteiger partial charge in [-0.15, -0.1) is 0 Å². The molecule has 7 nitrogen and oxygen atoms in total. The van der Waals surface area contributed by atoms with Gasteiger partial charge >= 0.3 is 6.03 Å². The minimum Gasteiger partial charge on any atom is -0.374 e. The fraction of sp³-hybridized carbons (Fsp3) is 0.381. The van der Waals surface area contributed by atoms with Crippen LogP contribution in [0.3, 0.4) is 0 Å². The van der Waals surface area contributed by atoms with Gasteiger partial charge in [0.15, 0.2) is 0 Å². The summed E-state index contributed by atoms with van der Waals surface area (Å²) in [5, 5.41) is 2.38. The molecule has 0 radical (unpaired) electrons. The second kappa shape index (κ2) is 8.72. The topological polar surface area (TPSA) is 79.0 Å². The van der Waals surface area contributed by atoms with E-state index in [0.717, 1.165) is 12.1 Å². The third-order valence-electron chi connectivity index (χ3n) is 5.54. The standard InChI is InChI=1S/C21H22F3N3O4S/c1-13-6-14(8-16(23)7-13)10-27-19-11-26(12-20(19)31-4-5-32(27,29)30)21(28)25-18-3-2-15(22)9-17(18)24/h2-3,6-9,19-20H,4-5,10-12H2,1H3,(H,25,28)/t19-,20+/m1/s1. The first-order valence-corrected chi connectivity index (χ1v) is 11.6. The molecule has 0 aliphatic carbocycles. The number of nitrogens with zero attached hydrogens (tertiary/aromatic N) is 2. The Morgan fingerprint density at radius 1 is 1.12 bits per heavy atom. The highest BCUT2D eigenvalue weighted by Crippen LogP contribution is 2.28. The van der Waals surface area contributed by atoms with Gasteiger partial charge in [-0.1, -0.05) is 6.07 Å². The van der Waals surface area contributed by atoms with Crippen LogP contribution >= 0.6 is 0 Å². The molecule has 172 valence electrons. The lowest BCUT2D eigenvalue weighted by molar-refractivity contribution is 0.0472. The molecule has 2 heterocycles. The first kappa shape index (κ1) is 22.6. The summed E-state index contributed by atoms with van der Waals surface area (Å²) in [5.74, 6) is -2.38. The van der Waals surface area contributed by atoms with Crippen LogP contribution in [0.25, 0.3) is 0 Å². The van der Waals surface area contributed by atoms with E-state index in [1.807, 2.05) is 0 Å². The Bertz CT molecular complexity index is 1120. The summed E-state index contributed by atoms with van der Waals surface area (Å²) in [5.41, 5.74) is 0.959. The molecule has 2 saturated heterocycles. The van der Waals surface area contributed by atoms with Crippen LogP contribution in [0.1, 0.15) is 11.1 Å². The molecule has 2 aliphatic rings. The van der Waals surface area contributed by atoms with Gasteiger partial charge in [0.25, 0.3) is 0 Å². The summed E-state index contributed by atoms with van der Waals surface area (Å²) in [6, 6.07) is 5.77. The number of carbonyl (C=O) groups excluding carboxylic acids is 1. The van der Waals surface area contributed by atoms with Gasteiger partial charge in [0.2, 0.25) is 10.0 Å². The van der Waals surface area contributed by atoms with Crippen molar-refractivity contribution < 1.29 is 31.1 Å². The molecule has 4 rings (SSSR count). The molecule has 0 aromatic heterocycles. The summed E-state index contributed by atoms with van der Waals surface area (Å²) in [6.07, 6.45) is -0.592. The number of benzene rings is 2. The van der Waals surface area contributed by atoms with E-state index < -0.39 is 45.7 Å². The van der Waals surface area contributed by atoms with Crippen molar-refractivity contribution in [3.8, 4) is 0 Å². The second-order valence-electron chi connectivity index (χ2n) is 7.93. The van der Waals surface area contributed by atoms with Gasteiger partial charge in [0.1, 0.15) is 17.5 Å². The lowest BCUT2D eigenvalue weighted by Crippen LogP contribution is -2.45. The average molecular weight is 469 g/mol. The summed E-state index contributed by atoms with van der Waals surface area (Å²) < 4.78 is 73.6. The van der Waals surface area contributed by atoms with Crippen LogP contribution in [0.2, 0.25) is 0 Å². The number of ether oxygens (including phenoxy) is 1. The largest absolute Gasteiger partial charge is 0.374 e. The number of anilines is 1. The highest BCUT2D eigenvalue weighted by atomic mass is 32.2. The number of halogens is 3. The van der Waals surface area contributed by atoms with Crippen molar-refractivity contribution in [3.63, 3.8) is 0 Å². The van der Waals surface area contributed by atoms with Crippen molar-refractivity contribution in [1.82, 2.24) is 9.21 Å². The molecular formula is C21H22F3N3O4S.